The Labute approximate surface area is 117 Å². The monoisotopic (exact) mass is 323 g/mol. The predicted octanol–water partition coefficient (Wildman–Crippen LogP) is 0.677. The van der Waals surface area contributed by atoms with Crippen LogP contribution < -0.4 is 10.9 Å². The van der Waals surface area contributed by atoms with E-state index < -0.39 is 0 Å². The van der Waals surface area contributed by atoms with Crippen molar-refractivity contribution in [3.63, 3.8) is 0 Å². The van der Waals surface area contributed by atoms with Crippen molar-refractivity contribution in [3.05, 3.63) is 33.2 Å². The molecular weight excluding hydrogens is 314 g/mol. The van der Waals surface area contributed by atoms with Gasteiger partial charge in [-0.05, 0) is 15.9 Å². The molecule has 0 aliphatic heterocycles. The highest BCUT2D eigenvalue weighted by Crippen LogP contribution is 2.15. The first-order valence-corrected chi connectivity index (χ1v) is 6.20. The van der Waals surface area contributed by atoms with Gasteiger partial charge in [0.15, 0.2) is 6.33 Å². The van der Waals surface area contributed by atoms with E-state index in [0.29, 0.717) is 29.0 Å². The van der Waals surface area contributed by atoms with E-state index in [-0.39, 0.29) is 12.1 Å². The van der Waals surface area contributed by atoms with Crippen LogP contribution in [-0.4, -0.2) is 26.5 Å². The van der Waals surface area contributed by atoms with Gasteiger partial charge >= 0.3 is 0 Å². The quantitative estimate of drug-likeness (QED) is 0.814. The van der Waals surface area contributed by atoms with Crippen LogP contribution in [0.5, 0.6) is 0 Å². The molecule has 19 heavy (non-hydrogen) atoms. The fourth-order valence-electron chi connectivity index (χ4n) is 1.40. The van der Waals surface area contributed by atoms with Gasteiger partial charge in [-0.25, -0.2) is 4.68 Å². The van der Waals surface area contributed by atoms with Crippen LogP contribution >= 0.6 is 15.9 Å². The Morgan fingerprint density at radius 3 is 3.11 bits per heavy atom. The number of hydrogen-bond donors (Lipinski definition) is 1. The average molecular weight is 324 g/mol. The Morgan fingerprint density at radius 2 is 2.42 bits per heavy atom. The summed E-state index contributed by atoms with van der Waals surface area (Å²) in [5.74, 6) is 2.89. The number of terminal acetylenes is 1. The minimum absolute atomic E-state index is 0.139. The van der Waals surface area contributed by atoms with Gasteiger partial charge in [0.2, 0.25) is 5.89 Å². The van der Waals surface area contributed by atoms with Crippen molar-refractivity contribution in [1.29, 1.82) is 0 Å². The molecule has 2 aromatic rings. The van der Waals surface area contributed by atoms with Gasteiger partial charge in [0.25, 0.3) is 5.56 Å². The van der Waals surface area contributed by atoms with Gasteiger partial charge in [0.05, 0.1) is 11.9 Å². The Bertz CT molecular complexity index is 644. The smallest absolute Gasteiger partial charge is 0.284 e. The molecule has 0 radical (unpaired) electrons. The fraction of sp³-hybridized carbons (Fsp3) is 0.273. The maximum atomic E-state index is 11.8. The number of aromatic nitrogens is 4. The highest BCUT2D eigenvalue weighted by atomic mass is 79.9. The third kappa shape index (κ3) is 3.20. The van der Waals surface area contributed by atoms with Gasteiger partial charge < -0.3 is 9.84 Å². The van der Waals surface area contributed by atoms with Crippen LogP contribution in [0.2, 0.25) is 0 Å². The van der Waals surface area contributed by atoms with Crippen molar-refractivity contribution >= 4 is 21.6 Å². The Hall–Kier alpha value is -2.14. The van der Waals surface area contributed by atoms with Gasteiger partial charge in [-0.1, -0.05) is 11.1 Å². The van der Waals surface area contributed by atoms with Crippen molar-refractivity contribution in [1.82, 2.24) is 19.9 Å². The van der Waals surface area contributed by atoms with E-state index in [4.69, 9.17) is 10.9 Å². The molecule has 0 saturated heterocycles. The standard InChI is InChI=1S/C11H10BrN5O2/c1-2-5-17-11(18)10(12)8(6-15-17)13-4-3-9-14-7-16-19-9/h1,6-7,13H,3-5H2. The van der Waals surface area contributed by atoms with E-state index in [2.05, 4.69) is 42.4 Å². The summed E-state index contributed by atoms with van der Waals surface area (Å²) >= 11 is 3.22. The molecule has 2 heterocycles. The Balaban J connectivity index is 2.03. The first-order chi connectivity index (χ1) is 9.22. The third-order valence-electron chi connectivity index (χ3n) is 2.29. The second-order valence-electron chi connectivity index (χ2n) is 3.55. The van der Waals surface area contributed by atoms with Crippen LogP contribution in [0.25, 0.3) is 0 Å². The molecule has 2 aromatic heterocycles. The maximum absolute atomic E-state index is 11.8. The Morgan fingerprint density at radius 1 is 1.58 bits per heavy atom. The number of hydrogen-bond acceptors (Lipinski definition) is 6. The molecule has 0 unspecified atom stereocenters. The second kappa shape index (κ2) is 6.15. The van der Waals surface area contributed by atoms with E-state index in [1.54, 1.807) is 0 Å². The largest absolute Gasteiger partial charge is 0.382 e. The minimum Gasteiger partial charge on any atom is -0.382 e. The summed E-state index contributed by atoms with van der Waals surface area (Å²) in [5, 5.41) is 10.5. The summed E-state index contributed by atoms with van der Waals surface area (Å²) in [6.45, 7) is 0.681. The zero-order valence-corrected chi connectivity index (χ0v) is 11.4. The van der Waals surface area contributed by atoms with Crippen molar-refractivity contribution in [3.8, 4) is 12.3 Å². The lowest BCUT2D eigenvalue weighted by Crippen LogP contribution is -2.24. The van der Waals surface area contributed by atoms with E-state index in [9.17, 15) is 4.79 Å². The highest BCUT2D eigenvalue weighted by Gasteiger charge is 2.08. The van der Waals surface area contributed by atoms with Crippen LogP contribution in [0, 0.1) is 12.3 Å². The molecule has 0 amide bonds. The molecule has 0 aliphatic rings. The van der Waals surface area contributed by atoms with Crippen molar-refractivity contribution < 1.29 is 4.52 Å². The zero-order chi connectivity index (χ0) is 13.7. The molecule has 0 aromatic carbocycles. The summed E-state index contributed by atoms with van der Waals surface area (Å²) in [7, 11) is 0. The summed E-state index contributed by atoms with van der Waals surface area (Å²) < 4.78 is 6.45. The number of anilines is 1. The van der Waals surface area contributed by atoms with E-state index in [0.717, 1.165) is 0 Å². The average Bonchev–Trinajstić information content (AvgIpc) is 2.91. The molecular formula is C11H10BrN5O2. The number of nitrogens with one attached hydrogen (secondary N) is 1. The molecule has 8 heteroatoms. The zero-order valence-electron chi connectivity index (χ0n) is 9.84. The second-order valence-corrected chi connectivity index (χ2v) is 4.34. The molecule has 0 saturated carbocycles. The lowest BCUT2D eigenvalue weighted by Gasteiger charge is -2.08. The molecule has 0 atom stereocenters. The molecule has 98 valence electrons. The Kier molecular flexibility index (Phi) is 4.30. The lowest BCUT2D eigenvalue weighted by atomic mass is 10.4. The molecule has 0 fully saturated rings. The van der Waals surface area contributed by atoms with Gasteiger partial charge in [-0.2, -0.15) is 10.1 Å². The topological polar surface area (TPSA) is 85.8 Å². The van der Waals surface area contributed by atoms with Crippen LogP contribution in [0.3, 0.4) is 0 Å². The van der Waals surface area contributed by atoms with E-state index >= 15 is 0 Å². The highest BCUT2D eigenvalue weighted by molar-refractivity contribution is 9.10. The van der Waals surface area contributed by atoms with Gasteiger partial charge in [-0.3, -0.25) is 4.79 Å². The minimum atomic E-state index is -0.277. The van der Waals surface area contributed by atoms with Crippen LogP contribution in [0.15, 0.2) is 26.3 Å². The summed E-state index contributed by atoms with van der Waals surface area (Å²) in [6.07, 6.45) is 8.58. The molecule has 1 N–H and O–H groups in total. The number of rotatable bonds is 5. The van der Waals surface area contributed by atoms with Gasteiger partial charge in [0.1, 0.15) is 11.0 Å². The van der Waals surface area contributed by atoms with Crippen LogP contribution in [-0.2, 0) is 13.0 Å². The van der Waals surface area contributed by atoms with Gasteiger partial charge in [0, 0.05) is 13.0 Å². The molecule has 2 rings (SSSR count). The molecule has 0 bridgehead atoms. The van der Waals surface area contributed by atoms with Crippen LogP contribution in [0.1, 0.15) is 5.89 Å². The fourth-order valence-corrected chi connectivity index (χ4v) is 1.84. The first-order valence-electron chi connectivity index (χ1n) is 5.41. The molecule has 7 nitrogen and oxygen atoms in total. The van der Waals surface area contributed by atoms with Crippen molar-refractivity contribution in [2.24, 2.45) is 0 Å². The predicted molar refractivity (Wildman–Crippen MR) is 71.5 cm³/mol. The lowest BCUT2D eigenvalue weighted by molar-refractivity contribution is 0.380. The first kappa shape index (κ1) is 13.3. The maximum Gasteiger partial charge on any atom is 0.284 e. The third-order valence-corrected chi connectivity index (χ3v) is 3.05. The van der Waals surface area contributed by atoms with Crippen LogP contribution in [0.4, 0.5) is 5.69 Å². The van der Waals surface area contributed by atoms with Crippen molar-refractivity contribution in [2.75, 3.05) is 11.9 Å². The summed E-state index contributed by atoms with van der Waals surface area (Å²) in [4.78, 5) is 15.7. The van der Waals surface area contributed by atoms with E-state index in [1.807, 2.05) is 0 Å². The van der Waals surface area contributed by atoms with E-state index in [1.165, 1.54) is 17.2 Å². The molecule has 0 aliphatic carbocycles. The molecule has 0 spiro atoms. The van der Waals surface area contributed by atoms with Gasteiger partial charge in [-0.15, -0.1) is 6.42 Å². The normalized spacial score (nSPS) is 10.1. The number of nitrogens with zero attached hydrogens (tertiary/aromatic N) is 4. The summed E-state index contributed by atoms with van der Waals surface area (Å²) in [6, 6.07) is 0. The van der Waals surface area contributed by atoms with Crippen molar-refractivity contribution in [2.45, 2.75) is 13.0 Å². The summed E-state index contributed by atoms with van der Waals surface area (Å²) in [5.41, 5.74) is 0.318. The SMILES string of the molecule is C#CCn1ncc(NCCc2ncno2)c(Br)c1=O. The number of halogens is 1.